The molecular formula is C12H14BrNO2. The number of aromatic carboxylic acids is 1. The lowest BCUT2D eigenvalue weighted by Crippen LogP contribution is -2.04. The number of hydrogen-bond acceptors (Lipinski definition) is 2. The molecule has 0 saturated heterocycles. The molecule has 0 aliphatic heterocycles. The highest BCUT2D eigenvalue weighted by molar-refractivity contribution is 9.10. The molecule has 0 bridgehead atoms. The first kappa shape index (κ1) is 11.5. The van der Waals surface area contributed by atoms with Crippen LogP contribution in [0.1, 0.15) is 29.6 Å². The summed E-state index contributed by atoms with van der Waals surface area (Å²) in [7, 11) is 0. The van der Waals surface area contributed by atoms with Gasteiger partial charge in [0.25, 0.3) is 0 Å². The Balaban J connectivity index is 1.98. The van der Waals surface area contributed by atoms with Crippen LogP contribution in [-0.4, -0.2) is 17.6 Å². The number of nitrogens with one attached hydrogen (secondary N) is 1. The van der Waals surface area contributed by atoms with Gasteiger partial charge in [0.1, 0.15) is 0 Å². The lowest BCUT2D eigenvalue weighted by Gasteiger charge is -2.07. The molecule has 4 heteroatoms. The van der Waals surface area contributed by atoms with Crippen molar-refractivity contribution in [2.45, 2.75) is 19.3 Å². The van der Waals surface area contributed by atoms with Crippen molar-refractivity contribution in [2.24, 2.45) is 5.92 Å². The first-order valence-electron chi connectivity index (χ1n) is 5.43. The Kier molecular flexibility index (Phi) is 3.49. The highest BCUT2D eigenvalue weighted by Crippen LogP contribution is 2.32. The minimum absolute atomic E-state index is 0.309. The average Bonchev–Trinajstić information content (AvgIpc) is 3.01. The maximum Gasteiger partial charge on any atom is 0.335 e. The molecular weight excluding hydrogens is 270 g/mol. The number of carbonyl (C=O) groups is 1. The zero-order valence-electron chi connectivity index (χ0n) is 8.87. The van der Waals surface area contributed by atoms with Gasteiger partial charge in [-0.05, 0) is 30.5 Å². The zero-order chi connectivity index (χ0) is 11.5. The van der Waals surface area contributed by atoms with Crippen LogP contribution in [0.3, 0.4) is 0 Å². The summed E-state index contributed by atoms with van der Waals surface area (Å²) in [5.41, 5.74) is 1.18. The fourth-order valence-corrected chi connectivity index (χ4v) is 2.14. The summed E-state index contributed by atoms with van der Waals surface area (Å²) in [4.78, 5) is 10.8. The maximum atomic E-state index is 10.8. The summed E-state index contributed by atoms with van der Waals surface area (Å²) in [6.07, 6.45) is 3.87. The summed E-state index contributed by atoms with van der Waals surface area (Å²) < 4.78 is 0.793. The average molecular weight is 284 g/mol. The quantitative estimate of drug-likeness (QED) is 0.871. The van der Waals surface area contributed by atoms with Gasteiger partial charge in [-0.25, -0.2) is 4.79 Å². The predicted octanol–water partition coefficient (Wildman–Crippen LogP) is 3.36. The third kappa shape index (κ3) is 3.23. The van der Waals surface area contributed by atoms with E-state index in [-0.39, 0.29) is 0 Å². The summed E-state index contributed by atoms with van der Waals surface area (Å²) in [5.74, 6) is -0.00913. The number of carboxylic acids is 1. The molecule has 3 nitrogen and oxygen atoms in total. The Bertz CT molecular complexity index is 402. The van der Waals surface area contributed by atoms with Crippen molar-refractivity contribution in [2.75, 3.05) is 11.9 Å². The van der Waals surface area contributed by atoms with Gasteiger partial charge in [-0.15, -0.1) is 0 Å². The Morgan fingerprint density at radius 2 is 2.19 bits per heavy atom. The van der Waals surface area contributed by atoms with Crippen LogP contribution in [-0.2, 0) is 0 Å². The van der Waals surface area contributed by atoms with E-state index < -0.39 is 5.97 Å². The summed E-state index contributed by atoms with van der Waals surface area (Å²) in [6.45, 7) is 0.917. The monoisotopic (exact) mass is 283 g/mol. The van der Waals surface area contributed by atoms with E-state index in [1.54, 1.807) is 12.1 Å². The van der Waals surface area contributed by atoms with Crippen molar-refractivity contribution >= 4 is 27.6 Å². The highest BCUT2D eigenvalue weighted by Gasteiger charge is 2.20. The zero-order valence-corrected chi connectivity index (χ0v) is 10.5. The molecule has 16 heavy (non-hydrogen) atoms. The van der Waals surface area contributed by atoms with Crippen LogP contribution in [0.5, 0.6) is 0 Å². The van der Waals surface area contributed by atoms with Crippen LogP contribution in [0.2, 0.25) is 0 Å². The SMILES string of the molecule is O=C(O)c1cc(Br)cc(NCCC2CC2)c1. The topological polar surface area (TPSA) is 49.3 Å². The lowest BCUT2D eigenvalue weighted by atomic mass is 10.2. The predicted molar refractivity (Wildman–Crippen MR) is 66.9 cm³/mol. The van der Waals surface area contributed by atoms with Crippen LogP contribution in [0.15, 0.2) is 22.7 Å². The van der Waals surface area contributed by atoms with Crippen LogP contribution in [0.4, 0.5) is 5.69 Å². The third-order valence-corrected chi connectivity index (χ3v) is 3.18. The van der Waals surface area contributed by atoms with E-state index in [1.807, 2.05) is 6.07 Å². The Morgan fingerprint density at radius 1 is 1.44 bits per heavy atom. The summed E-state index contributed by atoms with van der Waals surface area (Å²) in [6, 6.07) is 5.17. The number of anilines is 1. The fraction of sp³-hybridized carbons (Fsp3) is 0.417. The van der Waals surface area contributed by atoms with Crippen molar-refractivity contribution in [3.05, 3.63) is 28.2 Å². The number of carboxylic acid groups (broad SMARTS) is 1. The molecule has 1 aliphatic rings. The van der Waals surface area contributed by atoms with Crippen LogP contribution in [0.25, 0.3) is 0 Å². The second-order valence-electron chi connectivity index (χ2n) is 4.19. The van der Waals surface area contributed by atoms with E-state index in [2.05, 4.69) is 21.2 Å². The molecule has 86 valence electrons. The van der Waals surface area contributed by atoms with Crippen molar-refractivity contribution in [3.8, 4) is 0 Å². The van der Waals surface area contributed by atoms with Crippen LogP contribution >= 0.6 is 15.9 Å². The van der Waals surface area contributed by atoms with Crippen molar-refractivity contribution in [1.29, 1.82) is 0 Å². The molecule has 1 aromatic rings. The van der Waals surface area contributed by atoms with E-state index >= 15 is 0 Å². The summed E-state index contributed by atoms with van der Waals surface area (Å²) >= 11 is 3.31. The van der Waals surface area contributed by atoms with E-state index in [9.17, 15) is 4.79 Å². The Hall–Kier alpha value is -1.03. The molecule has 0 amide bonds. The smallest absolute Gasteiger partial charge is 0.335 e. The van der Waals surface area contributed by atoms with Gasteiger partial charge in [0.05, 0.1) is 5.56 Å². The third-order valence-electron chi connectivity index (χ3n) is 2.72. The minimum atomic E-state index is -0.897. The number of hydrogen-bond donors (Lipinski definition) is 2. The van der Waals surface area contributed by atoms with E-state index in [0.717, 1.165) is 22.6 Å². The van der Waals surface area contributed by atoms with Crippen molar-refractivity contribution < 1.29 is 9.90 Å². The Labute approximate surface area is 103 Å². The largest absolute Gasteiger partial charge is 0.478 e. The van der Waals surface area contributed by atoms with Gasteiger partial charge in [-0.3, -0.25) is 0 Å². The van der Waals surface area contributed by atoms with E-state index in [1.165, 1.54) is 19.3 Å². The lowest BCUT2D eigenvalue weighted by molar-refractivity contribution is 0.0697. The standard InChI is InChI=1S/C12H14BrNO2/c13-10-5-9(12(15)16)6-11(7-10)14-4-3-8-1-2-8/h5-8,14H,1-4H2,(H,15,16). The molecule has 2 N–H and O–H groups in total. The summed E-state index contributed by atoms with van der Waals surface area (Å²) in [5, 5.41) is 12.2. The second kappa shape index (κ2) is 4.87. The molecule has 0 unspecified atom stereocenters. The van der Waals surface area contributed by atoms with Gasteiger partial charge < -0.3 is 10.4 Å². The first-order valence-corrected chi connectivity index (χ1v) is 6.22. The number of rotatable bonds is 5. The van der Waals surface area contributed by atoms with Gasteiger partial charge in [-0.2, -0.15) is 0 Å². The van der Waals surface area contributed by atoms with Gasteiger partial charge in [0.15, 0.2) is 0 Å². The van der Waals surface area contributed by atoms with Gasteiger partial charge in [0.2, 0.25) is 0 Å². The molecule has 0 heterocycles. The van der Waals surface area contributed by atoms with Gasteiger partial charge in [0, 0.05) is 16.7 Å². The molecule has 0 aromatic heterocycles. The molecule has 1 aromatic carbocycles. The van der Waals surface area contributed by atoms with Crippen LogP contribution in [0, 0.1) is 5.92 Å². The van der Waals surface area contributed by atoms with E-state index in [4.69, 9.17) is 5.11 Å². The maximum absolute atomic E-state index is 10.8. The minimum Gasteiger partial charge on any atom is -0.478 e. The normalized spacial score (nSPS) is 14.8. The molecule has 1 aliphatic carbocycles. The molecule has 2 rings (SSSR count). The second-order valence-corrected chi connectivity index (χ2v) is 5.11. The first-order chi connectivity index (χ1) is 7.65. The van der Waals surface area contributed by atoms with Gasteiger partial charge in [-0.1, -0.05) is 28.8 Å². The Morgan fingerprint density at radius 3 is 2.81 bits per heavy atom. The molecule has 0 radical (unpaired) electrons. The number of benzene rings is 1. The molecule has 0 atom stereocenters. The van der Waals surface area contributed by atoms with Crippen molar-refractivity contribution in [1.82, 2.24) is 0 Å². The number of halogens is 1. The van der Waals surface area contributed by atoms with Crippen LogP contribution < -0.4 is 5.32 Å². The molecule has 1 saturated carbocycles. The fourth-order valence-electron chi connectivity index (χ4n) is 1.64. The van der Waals surface area contributed by atoms with E-state index in [0.29, 0.717) is 5.56 Å². The van der Waals surface area contributed by atoms with Crippen molar-refractivity contribution in [3.63, 3.8) is 0 Å². The van der Waals surface area contributed by atoms with Gasteiger partial charge >= 0.3 is 5.97 Å². The highest BCUT2D eigenvalue weighted by atomic mass is 79.9. The molecule has 1 fully saturated rings. The molecule has 0 spiro atoms.